The molecule has 0 amide bonds. The van der Waals surface area contributed by atoms with Crippen LogP contribution in [0.25, 0.3) is 0 Å². The highest BCUT2D eigenvalue weighted by Crippen LogP contribution is 2.29. The first-order valence-electron chi connectivity index (χ1n) is 6.44. The second-order valence-electron chi connectivity index (χ2n) is 5.26. The zero-order chi connectivity index (χ0) is 13.1. The lowest BCUT2D eigenvalue weighted by Gasteiger charge is -2.27. The van der Waals surface area contributed by atoms with Crippen LogP contribution in [0.1, 0.15) is 32.6 Å². The Labute approximate surface area is 115 Å². The molecule has 0 aromatic heterocycles. The Morgan fingerprint density at radius 2 is 2.06 bits per heavy atom. The maximum absolute atomic E-state index is 13.6. The largest absolute Gasteiger partial charge is 0.382 e. The van der Waals surface area contributed by atoms with Gasteiger partial charge in [-0.2, -0.15) is 0 Å². The Morgan fingerprint density at radius 1 is 1.28 bits per heavy atom. The molecule has 1 N–H and O–H groups in total. The zero-order valence-corrected chi connectivity index (χ0v) is 12.1. The van der Waals surface area contributed by atoms with E-state index in [1.54, 1.807) is 0 Å². The predicted octanol–water partition coefficient (Wildman–Crippen LogP) is 4.97. The van der Waals surface area contributed by atoms with Crippen LogP contribution in [-0.4, -0.2) is 6.54 Å². The van der Waals surface area contributed by atoms with Gasteiger partial charge in [0.15, 0.2) is 0 Å². The van der Waals surface area contributed by atoms with E-state index in [0.29, 0.717) is 5.92 Å². The summed E-state index contributed by atoms with van der Waals surface area (Å²) in [6.45, 7) is 2.98. The molecule has 1 aromatic rings. The van der Waals surface area contributed by atoms with Crippen LogP contribution in [0.15, 0.2) is 16.6 Å². The highest BCUT2D eigenvalue weighted by Gasteiger charge is 2.19. The second-order valence-corrected chi connectivity index (χ2v) is 6.12. The molecule has 0 radical (unpaired) electrons. The van der Waals surface area contributed by atoms with Gasteiger partial charge in [0, 0.05) is 12.6 Å². The van der Waals surface area contributed by atoms with Crippen molar-refractivity contribution < 1.29 is 8.78 Å². The molecule has 100 valence electrons. The fourth-order valence-electron chi connectivity index (χ4n) is 2.66. The van der Waals surface area contributed by atoms with Gasteiger partial charge in [0.2, 0.25) is 0 Å². The number of hydrogen-bond donors (Lipinski definition) is 1. The van der Waals surface area contributed by atoms with Gasteiger partial charge in [-0.3, -0.25) is 0 Å². The summed E-state index contributed by atoms with van der Waals surface area (Å²) in [6, 6.07) is 2.38. The molecule has 0 spiro atoms. The van der Waals surface area contributed by atoms with E-state index in [2.05, 4.69) is 28.2 Å². The van der Waals surface area contributed by atoms with E-state index in [-0.39, 0.29) is 10.2 Å². The van der Waals surface area contributed by atoms with Crippen molar-refractivity contribution in [3.05, 3.63) is 28.2 Å². The lowest BCUT2D eigenvalue weighted by molar-refractivity contribution is 0.293. The molecule has 4 heteroatoms. The van der Waals surface area contributed by atoms with Crippen LogP contribution in [0.4, 0.5) is 14.5 Å². The Hall–Kier alpha value is -0.640. The normalized spacial score (nSPS) is 24.0. The summed E-state index contributed by atoms with van der Waals surface area (Å²) >= 11 is 2.97. The molecule has 1 nitrogen and oxygen atoms in total. The van der Waals surface area contributed by atoms with Crippen LogP contribution >= 0.6 is 15.9 Å². The van der Waals surface area contributed by atoms with E-state index >= 15 is 0 Å². The average molecular weight is 318 g/mol. The minimum atomic E-state index is -0.434. The maximum atomic E-state index is 13.6. The van der Waals surface area contributed by atoms with Gasteiger partial charge < -0.3 is 5.32 Å². The molecule has 0 aliphatic heterocycles. The van der Waals surface area contributed by atoms with Crippen molar-refractivity contribution >= 4 is 21.6 Å². The van der Waals surface area contributed by atoms with E-state index in [1.807, 2.05) is 0 Å². The predicted molar refractivity (Wildman–Crippen MR) is 73.7 cm³/mol. The lowest BCUT2D eigenvalue weighted by atomic mass is 9.82. The summed E-state index contributed by atoms with van der Waals surface area (Å²) in [4.78, 5) is 0. The van der Waals surface area contributed by atoms with Crippen molar-refractivity contribution in [2.24, 2.45) is 11.8 Å². The van der Waals surface area contributed by atoms with Crippen LogP contribution < -0.4 is 5.32 Å². The van der Waals surface area contributed by atoms with Crippen molar-refractivity contribution in [3.63, 3.8) is 0 Å². The van der Waals surface area contributed by atoms with Crippen LogP contribution in [-0.2, 0) is 0 Å². The van der Waals surface area contributed by atoms with Gasteiger partial charge in [-0.1, -0.05) is 19.8 Å². The number of hydrogen-bond acceptors (Lipinski definition) is 1. The van der Waals surface area contributed by atoms with E-state index < -0.39 is 11.6 Å². The summed E-state index contributed by atoms with van der Waals surface area (Å²) in [5, 5.41) is 3.04. The highest BCUT2D eigenvalue weighted by molar-refractivity contribution is 9.10. The Balaban J connectivity index is 1.95. The fourth-order valence-corrected chi connectivity index (χ4v) is 2.97. The molecule has 1 aliphatic rings. The number of anilines is 1. The van der Waals surface area contributed by atoms with Gasteiger partial charge >= 0.3 is 0 Å². The highest BCUT2D eigenvalue weighted by atomic mass is 79.9. The fraction of sp³-hybridized carbons (Fsp3) is 0.571. The molecule has 0 bridgehead atoms. The van der Waals surface area contributed by atoms with Crippen LogP contribution in [0.3, 0.4) is 0 Å². The van der Waals surface area contributed by atoms with Crippen LogP contribution in [0.2, 0.25) is 0 Å². The zero-order valence-electron chi connectivity index (χ0n) is 10.5. The Morgan fingerprint density at radius 3 is 2.78 bits per heavy atom. The van der Waals surface area contributed by atoms with Gasteiger partial charge in [0.05, 0.1) is 10.2 Å². The summed E-state index contributed by atoms with van der Waals surface area (Å²) in [5.41, 5.74) is 0.258. The van der Waals surface area contributed by atoms with Gasteiger partial charge in [-0.15, -0.1) is 0 Å². The van der Waals surface area contributed by atoms with E-state index in [4.69, 9.17) is 0 Å². The van der Waals surface area contributed by atoms with E-state index in [9.17, 15) is 8.78 Å². The number of halogens is 3. The minimum absolute atomic E-state index is 0.164. The van der Waals surface area contributed by atoms with Gasteiger partial charge in [-0.05, 0) is 46.7 Å². The van der Waals surface area contributed by atoms with Gasteiger partial charge in [-0.25, -0.2) is 8.78 Å². The topological polar surface area (TPSA) is 12.0 Å². The molecule has 1 aliphatic carbocycles. The summed E-state index contributed by atoms with van der Waals surface area (Å²) < 4.78 is 27.1. The molecule has 0 saturated heterocycles. The molecule has 2 unspecified atom stereocenters. The molecular weight excluding hydrogens is 300 g/mol. The van der Waals surface area contributed by atoms with Crippen molar-refractivity contribution in [1.29, 1.82) is 0 Å². The van der Waals surface area contributed by atoms with E-state index in [1.165, 1.54) is 37.8 Å². The minimum Gasteiger partial charge on any atom is -0.382 e. The van der Waals surface area contributed by atoms with Gasteiger partial charge in [0.25, 0.3) is 0 Å². The van der Waals surface area contributed by atoms with Gasteiger partial charge in [0.1, 0.15) is 11.6 Å². The molecule has 2 atom stereocenters. The summed E-state index contributed by atoms with van der Waals surface area (Å²) in [7, 11) is 0. The van der Waals surface area contributed by atoms with Crippen molar-refractivity contribution in [1.82, 2.24) is 0 Å². The Kier molecular flexibility index (Phi) is 4.60. The van der Waals surface area contributed by atoms with Crippen LogP contribution in [0.5, 0.6) is 0 Å². The lowest BCUT2D eigenvalue weighted by Crippen LogP contribution is -2.21. The number of rotatable bonds is 3. The molecule has 2 rings (SSSR count). The molecule has 1 saturated carbocycles. The first-order valence-corrected chi connectivity index (χ1v) is 7.24. The summed E-state index contributed by atoms with van der Waals surface area (Å²) in [6.07, 6.45) is 4.88. The van der Waals surface area contributed by atoms with E-state index in [0.717, 1.165) is 12.5 Å². The summed E-state index contributed by atoms with van der Waals surface area (Å²) in [5.74, 6) is 0.472. The maximum Gasteiger partial charge on any atom is 0.147 e. The number of nitrogens with one attached hydrogen (secondary N) is 1. The van der Waals surface area contributed by atoms with Crippen molar-refractivity contribution in [2.75, 3.05) is 11.9 Å². The number of benzene rings is 1. The smallest absolute Gasteiger partial charge is 0.147 e. The first kappa shape index (κ1) is 13.8. The molecule has 0 heterocycles. The molecular formula is C14H18BrF2N. The third-order valence-electron chi connectivity index (χ3n) is 3.64. The first-order chi connectivity index (χ1) is 8.56. The average Bonchev–Trinajstić information content (AvgIpc) is 2.32. The molecule has 1 fully saturated rings. The standard InChI is InChI=1S/C14H18BrF2N/c1-9-3-2-4-10(5-9)8-18-14-7-12(16)11(15)6-13(14)17/h6-7,9-10,18H,2-5,8H2,1H3. The van der Waals surface area contributed by atoms with Crippen molar-refractivity contribution in [2.45, 2.75) is 32.6 Å². The monoisotopic (exact) mass is 317 g/mol. The van der Waals surface area contributed by atoms with Crippen LogP contribution in [0, 0.1) is 23.5 Å². The third-order valence-corrected chi connectivity index (χ3v) is 4.24. The van der Waals surface area contributed by atoms with Crippen molar-refractivity contribution in [3.8, 4) is 0 Å². The Bertz CT molecular complexity index is 423. The SMILES string of the molecule is CC1CCCC(CNc2cc(F)c(Br)cc2F)C1. The second kappa shape index (κ2) is 6.00. The molecule has 18 heavy (non-hydrogen) atoms. The quantitative estimate of drug-likeness (QED) is 0.776. The third kappa shape index (κ3) is 3.44. The molecule has 1 aromatic carbocycles.